The number of unbranched alkanes of at least 4 members (excludes halogenated alkanes) is 1. The molecule has 0 radical (unpaired) electrons. The van der Waals surface area contributed by atoms with Crippen LogP contribution in [-0.4, -0.2) is 70.4 Å². The summed E-state index contributed by atoms with van der Waals surface area (Å²) in [6, 6.07) is 1.88. The van der Waals surface area contributed by atoms with Crippen molar-refractivity contribution < 1.29 is 29.4 Å². The summed E-state index contributed by atoms with van der Waals surface area (Å²) < 4.78 is 0. The molecule has 0 aromatic heterocycles. The first-order chi connectivity index (χ1) is 17.0. The third-order valence-electron chi connectivity index (χ3n) is 5.91. The van der Waals surface area contributed by atoms with Crippen molar-refractivity contribution in [2.45, 2.75) is 70.1 Å². The Bertz CT molecular complexity index is 869. The number of rotatable bonds is 16. The summed E-state index contributed by atoms with van der Waals surface area (Å²) in [4.78, 5) is 50.3. The predicted molar refractivity (Wildman–Crippen MR) is 139 cm³/mol. The van der Waals surface area contributed by atoms with Gasteiger partial charge in [0.15, 0.2) is 0 Å². The van der Waals surface area contributed by atoms with Gasteiger partial charge in [0.05, 0.1) is 6.04 Å². The number of nitrogens with two attached hydrogens (primary N) is 2. The third kappa shape index (κ3) is 10.4. The van der Waals surface area contributed by atoms with E-state index in [4.69, 9.17) is 11.5 Å². The lowest BCUT2D eigenvalue weighted by atomic mass is 9.96. The zero-order valence-electron chi connectivity index (χ0n) is 20.8. The molecule has 5 atom stereocenters. The van der Waals surface area contributed by atoms with Crippen LogP contribution in [0.1, 0.15) is 45.1 Å². The molecule has 0 aliphatic heterocycles. The number of thiol groups is 1. The van der Waals surface area contributed by atoms with Crippen LogP contribution in [0.25, 0.3) is 0 Å². The van der Waals surface area contributed by atoms with Gasteiger partial charge in [-0.2, -0.15) is 12.6 Å². The lowest BCUT2D eigenvalue weighted by Gasteiger charge is -2.28. The van der Waals surface area contributed by atoms with E-state index in [2.05, 4.69) is 28.6 Å². The highest BCUT2D eigenvalue weighted by atomic mass is 32.1. The van der Waals surface area contributed by atoms with E-state index in [9.17, 15) is 29.4 Å². The SMILES string of the molecule is CCC(C)C(NC(=O)C(N)CCCCN)C(=O)NC(Cc1ccc(O)cc1)C(=O)NC(CS)C(=O)O. The number of phenolic OH excluding ortho intramolecular Hbond substituents is 1. The number of benzene rings is 1. The van der Waals surface area contributed by atoms with Crippen LogP contribution in [0.4, 0.5) is 0 Å². The summed E-state index contributed by atoms with van der Waals surface area (Å²) in [5.41, 5.74) is 12.1. The van der Waals surface area contributed by atoms with Gasteiger partial charge in [-0.05, 0) is 43.0 Å². The van der Waals surface area contributed by atoms with Crippen LogP contribution >= 0.6 is 12.6 Å². The number of hydrogen-bond donors (Lipinski definition) is 8. The lowest BCUT2D eigenvalue weighted by molar-refractivity contribution is -0.141. The predicted octanol–water partition coefficient (Wildman–Crippen LogP) is -0.0941. The number of aromatic hydroxyl groups is 1. The first-order valence-electron chi connectivity index (χ1n) is 12.0. The number of carboxylic acid groups (broad SMARTS) is 1. The van der Waals surface area contributed by atoms with E-state index in [1.54, 1.807) is 19.1 Å². The van der Waals surface area contributed by atoms with E-state index in [0.717, 1.165) is 6.42 Å². The van der Waals surface area contributed by atoms with Gasteiger partial charge in [-0.25, -0.2) is 4.79 Å². The summed E-state index contributed by atoms with van der Waals surface area (Å²) in [5.74, 6) is -3.43. The highest BCUT2D eigenvalue weighted by Gasteiger charge is 2.32. The maximum atomic E-state index is 13.3. The molecule has 1 rings (SSSR count). The van der Waals surface area contributed by atoms with Gasteiger partial charge in [0.2, 0.25) is 17.7 Å². The number of carbonyl (C=O) groups is 4. The molecular formula is C24H39N5O6S. The van der Waals surface area contributed by atoms with Crippen molar-refractivity contribution >= 4 is 36.3 Å². The minimum absolute atomic E-state index is 0.0243. The molecule has 1 aromatic rings. The third-order valence-corrected chi connectivity index (χ3v) is 6.27. The molecule has 1 aromatic carbocycles. The van der Waals surface area contributed by atoms with Gasteiger partial charge in [-0.3, -0.25) is 14.4 Å². The van der Waals surface area contributed by atoms with Crippen molar-refractivity contribution in [3.63, 3.8) is 0 Å². The van der Waals surface area contributed by atoms with Crippen LogP contribution in [0.15, 0.2) is 24.3 Å². The molecule has 0 heterocycles. The topological polar surface area (TPSA) is 197 Å². The quantitative estimate of drug-likeness (QED) is 0.108. The molecule has 36 heavy (non-hydrogen) atoms. The second-order valence-electron chi connectivity index (χ2n) is 8.78. The van der Waals surface area contributed by atoms with E-state index in [-0.39, 0.29) is 23.8 Å². The molecule has 9 N–H and O–H groups in total. The Kier molecular flexibility index (Phi) is 13.9. The zero-order chi connectivity index (χ0) is 27.3. The molecule has 0 saturated heterocycles. The molecule has 3 amide bonds. The highest BCUT2D eigenvalue weighted by Crippen LogP contribution is 2.13. The first kappa shape index (κ1) is 31.2. The molecule has 0 bridgehead atoms. The van der Waals surface area contributed by atoms with Crippen molar-refractivity contribution in [2.24, 2.45) is 17.4 Å². The fourth-order valence-corrected chi connectivity index (χ4v) is 3.65. The van der Waals surface area contributed by atoms with E-state index in [1.807, 2.05) is 6.92 Å². The fraction of sp³-hybridized carbons (Fsp3) is 0.583. The minimum Gasteiger partial charge on any atom is -0.508 e. The number of aliphatic carboxylic acids is 1. The molecule has 11 nitrogen and oxygen atoms in total. The number of carboxylic acids is 1. The number of phenols is 1. The number of carbonyl (C=O) groups excluding carboxylic acids is 3. The van der Waals surface area contributed by atoms with Crippen molar-refractivity contribution in [3.05, 3.63) is 29.8 Å². The Morgan fingerprint density at radius 3 is 2.11 bits per heavy atom. The second-order valence-corrected chi connectivity index (χ2v) is 9.14. The Hall–Kier alpha value is -2.83. The lowest BCUT2D eigenvalue weighted by Crippen LogP contribution is -2.59. The van der Waals surface area contributed by atoms with Crippen LogP contribution in [0.3, 0.4) is 0 Å². The maximum Gasteiger partial charge on any atom is 0.327 e. The molecule has 0 fully saturated rings. The summed E-state index contributed by atoms with van der Waals surface area (Å²) >= 11 is 3.96. The van der Waals surface area contributed by atoms with Crippen molar-refractivity contribution in [1.82, 2.24) is 16.0 Å². The summed E-state index contributed by atoms with van der Waals surface area (Å²) in [6.07, 6.45) is 2.42. The Morgan fingerprint density at radius 1 is 0.972 bits per heavy atom. The standard InChI is InChI=1S/C24H39N5O6S/c1-3-14(2)20(29-21(31)17(26)6-4-5-11-25)23(33)27-18(12-15-7-9-16(30)10-8-15)22(32)28-19(13-36)24(34)35/h7-10,14,17-20,30,36H,3-6,11-13,25-26H2,1-2H3,(H,27,33)(H,28,32)(H,29,31)(H,34,35). The van der Waals surface area contributed by atoms with E-state index >= 15 is 0 Å². The molecule has 202 valence electrons. The molecule has 0 aliphatic carbocycles. The number of hydrogen-bond acceptors (Lipinski definition) is 8. The Balaban J connectivity index is 3.08. The van der Waals surface area contributed by atoms with Crippen LogP contribution in [-0.2, 0) is 25.6 Å². The minimum atomic E-state index is -1.26. The van der Waals surface area contributed by atoms with E-state index < -0.39 is 47.9 Å². The average molecular weight is 526 g/mol. The monoisotopic (exact) mass is 525 g/mol. The van der Waals surface area contributed by atoms with Gasteiger partial charge >= 0.3 is 5.97 Å². The second kappa shape index (κ2) is 16.0. The summed E-state index contributed by atoms with van der Waals surface area (Å²) in [6.45, 7) is 4.15. The van der Waals surface area contributed by atoms with Crippen LogP contribution in [0.5, 0.6) is 5.75 Å². The van der Waals surface area contributed by atoms with Gasteiger partial charge in [0.25, 0.3) is 0 Å². The summed E-state index contributed by atoms with van der Waals surface area (Å²) in [5, 5.41) is 26.6. The molecule has 12 heteroatoms. The van der Waals surface area contributed by atoms with Gasteiger partial charge in [-0.15, -0.1) is 0 Å². The van der Waals surface area contributed by atoms with Crippen LogP contribution in [0.2, 0.25) is 0 Å². The first-order valence-corrected chi connectivity index (χ1v) is 12.7. The zero-order valence-corrected chi connectivity index (χ0v) is 21.7. The van der Waals surface area contributed by atoms with Gasteiger partial charge < -0.3 is 37.6 Å². The molecule has 0 spiro atoms. The van der Waals surface area contributed by atoms with Crippen LogP contribution in [0, 0.1) is 5.92 Å². The Labute approximate surface area is 217 Å². The maximum absolute atomic E-state index is 13.3. The van der Waals surface area contributed by atoms with E-state index in [0.29, 0.717) is 31.4 Å². The van der Waals surface area contributed by atoms with Crippen LogP contribution < -0.4 is 27.4 Å². The smallest absolute Gasteiger partial charge is 0.327 e. The normalized spacial score (nSPS) is 15.1. The van der Waals surface area contributed by atoms with Gasteiger partial charge in [0, 0.05) is 12.2 Å². The largest absolute Gasteiger partial charge is 0.508 e. The average Bonchev–Trinajstić information content (AvgIpc) is 2.85. The molecule has 0 saturated carbocycles. The number of nitrogens with one attached hydrogen (secondary N) is 3. The van der Waals surface area contributed by atoms with Crippen molar-refractivity contribution in [2.75, 3.05) is 12.3 Å². The van der Waals surface area contributed by atoms with Gasteiger partial charge in [-0.1, -0.05) is 38.8 Å². The molecule has 5 unspecified atom stereocenters. The van der Waals surface area contributed by atoms with Crippen molar-refractivity contribution in [3.8, 4) is 5.75 Å². The van der Waals surface area contributed by atoms with Gasteiger partial charge in [0.1, 0.15) is 23.9 Å². The number of amides is 3. The molecule has 0 aliphatic rings. The summed E-state index contributed by atoms with van der Waals surface area (Å²) in [7, 11) is 0. The Morgan fingerprint density at radius 2 is 1.58 bits per heavy atom. The highest BCUT2D eigenvalue weighted by molar-refractivity contribution is 7.80. The van der Waals surface area contributed by atoms with E-state index in [1.165, 1.54) is 12.1 Å². The van der Waals surface area contributed by atoms with Crippen molar-refractivity contribution in [1.29, 1.82) is 0 Å². The fourth-order valence-electron chi connectivity index (χ4n) is 3.40. The molecular weight excluding hydrogens is 486 g/mol.